The summed E-state index contributed by atoms with van der Waals surface area (Å²) in [7, 11) is 0. The van der Waals surface area contributed by atoms with Gasteiger partial charge in [0, 0.05) is 6.42 Å². The Hall–Kier alpha value is 0.140. The maximum absolute atomic E-state index is 5.56. The first-order valence-corrected chi connectivity index (χ1v) is 4.67. The summed E-state index contributed by atoms with van der Waals surface area (Å²) in [6, 6.07) is 0. The summed E-state index contributed by atoms with van der Waals surface area (Å²) in [4.78, 5) is 0. The number of allylic oxidation sites excluding steroid dienone is 1. The average Bonchev–Trinajstić information content (AvgIpc) is 2.56. The van der Waals surface area contributed by atoms with Gasteiger partial charge in [0.25, 0.3) is 0 Å². The zero-order chi connectivity index (χ0) is 7.90. The second kappa shape index (κ2) is 2.57. The molecule has 0 saturated carbocycles. The van der Waals surface area contributed by atoms with Gasteiger partial charge in [-0.25, -0.2) is 0 Å². The monoisotopic (exact) mass is 218 g/mol. The van der Waals surface area contributed by atoms with Gasteiger partial charge in [-0.3, -0.25) is 0 Å². The SMILES string of the molecule is CC1=C(Br)C2(CC1)OCCO2. The number of rotatable bonds is 0. The standard InChI is InChI=1S/C8H11BrO2/c1-6-2-3-8(7(6)9)10-4-5-11-8/h2-5H2,1H3. The van der Waals surface area contributed by atoms with E-state index in [0.717, 1.165) is 30.5 Å². The van der Waals surface area contributed by atoms with Crippen LogP contribution in [-0.4, -0.2) is 19.0 Å². The second-order valence-electron chi connectivity index (χ2n) is 3.04. The number of hydrogen-bond acceptors (Lipinski definition) is 2. The maximum atomic E-state index is 5.56. The van der Waals surface area contributed by atoms with Crippen LogP contribution in [0.5, 0.6) is 0 Å². The van der Waals surface area contributed by atoms with Gasteiger partial charge in [0.1, 0.15) is 0 Å². The van der Waals surface area contributed by atoms with Crippen LogP contribution < -0.4 is 0 Å². The van der Waals surface area contributed by atoms with E-state index in [1.807, 2.05) is 0 Å². The summed E-state index contributed by atoms with van der Waals surface area (Å²) >= 11 is 3.52. The van der Waals surface area contributed by atoms with Gasteiger partial charge in [-0.1, -0.05) is 5.57 Å². The van der Waals surface area contributed by atoms with Crippen molar-refractivity contribution in [1.29, 1.82) is 0 Å². The van der Waals surface area contributed by atoms with Crippen LogP contribution in [0.15, 0.2) is 10.1 Å². The van der Waals surface area contributed by atoms with E-state index in [1.165, 1.54) is 5.57 Å². The van der Waals surface area contributed by atoms with Crippen molar-refractivity contribution in [2.45, 2.75) is 25.6 Å². The number of halogens is 1. The normalized spacial score (nSPS) is 28.9. The lowest BCUT2D eigenvalue weighted by atomic mass is 10.2. The van der Waals surface area contributed by atoms with Crippen molar-refractivity contribution in [2.75, 3.05) is 13.2 Å². The molecule has 1 aliphatic carbocycles. The van der Waals surface area contributed by atoms with Gasteiger partial charge in [-0.15, -0.1) is 0 Å². The minimum Gasteiger partial charge on any atom is -0.343 e. The molecule has 0 bridgehead atoms. The highest BCUT2D eigenvalue weighted by atomic mass is 79.9. The van der Waals surface area contributed by atoms with E-state index >= 15 is 0 Å². The Balaban J connectivity index is 2.27. The van der Waals surface area contributed by atoms with Crippen molar-refractivity contribution in [3.63, 3.8) is 0 Å². The van der Waals surface area contributed by atoms with Gasteiger partial charge in [0.05, 0.1) is 17.7 Å². The quantitative estimate of drug-likeness (QED) is 0.621. The van der Waals surface area contributed by atoms with E-state index in [9.17, 15) is 0 Å². The highest BCUT2D eigenvalue weighted by Crippen LogP contribution is 2.44. The van der Waals surface area contributed by atoms with E-state index in [2.05, 4.69) is 22.9 Å². The van der Waals surface area contributed by atoms with E-state index in [4.69, 9.17) is 9.47 Å². The van der Waals surface area contributed by atoms with Crippen molar-refractivity contribution < 1.29 is 9.47 Å². The molecule has 0 aromatic rings. The predicted molar refractivity (Wildman–Crippen MR) is 45.5 cm³/mol. The fraction of sp³-hybridized carbons (Fsp3) is 0.750. The van der Waals surface area contributed by atoms with Crippen LogP contribution in [-0.2, 0) is 9.47 Å². The van der Waals surface area contributed by atoms with Gasteiger partial charge in [0.2, 0.25) is 5.79 Å². The summed E-state index contributed by atoms with van der Waals surface area (Å²) in [6.45, 7) is 3.56. The molecular weight excluding hydrogens is 208 g/mol. The molecule has 1 fully saturated rings. The second-order valence-corrected chi connectivity index (χ2v) is 3.84. The first-order chi connectivity index (χ1) is 5.25. The molecule has 2 rings (SSSR count). The van der Waals surface area contributed by atoms with E-state index in [1.54, 1.807) is 0 Å². The van der Waals surface area contributed by atoms with Gasteiger partial charge in [-0.2, -0.15) is 0 Å². The third-order valence-corrected chi connectivity index (χ3v) is 3.57. The Morgan fingerprint density at radius 1 is 1.36 bits per heavy atom. The first kappa shape index (κ1) is 7.77. The Morgan fingerprint density at radius 2 is 2.00 bits per heavy atom. The van der Waals surface area contributed by atoms with Crippen molar-refractivity contribution in [3.05, 3.63) is 10.1 Å². The Kier molecular flexibility index (Phi) is 1.82. The number of hydrogen-bond donors (Lipinski definition) is 0. The molecule has 1 heterocycles. The summed E-state index contributed by atoms with van der Waals surface area (Å²) < 4.78 is 12.2. The fourth-order valence-electron chi connectivity index (χ4n) is 1.62. The maximum Gasteiger partial charge on any atom is 0.201 e. The van der Waals surface area contributed by atoms with Gasteiger partial charge < -0.3 is 9.47 Å². The topological polar surface area (TPSA) is 18.5 Å². The third-order valence-electron chi connectivity index (χ3n) is 2.29. The minimum atomic E-state index is -0.385. The fourth-order valence-corrected chi connectivity index (χ4v) is 2.25. The summed E-state index contributed by atoms with van der Waals surface area (Å²) in [5.74, 6) is -0.385. The lowest BCUT2D eigenvalue weighted by Crippen LogP contribution is -2.26. The molecule has 0 N–H and O–H groups in total. The highest BCUT2D eigenvalue weighted by molar-refractivity contribution is 9.11. The van der Waals surface area contributed by atoms with Crippen LogP contribution in [0.2, 0.25) is 0 Å². The lowest BCUT2D eigenvalue weighted by Gasteiger charge is -2.21. The van der Waals surface area contributed by atoms with Crippen molar-refractivity contribution in [3.8, 4) is 0 Å². The molecule has 0 amide bonds. The Morgan fingerprint density at radius 3 is 2.45 bits per heavy atom. The molecule has 1 aliphatic heterocycles. The van der Waals surface area contributed by atoms with E-state index < -0.39 is 0 Å². The van der Waals surface area contributed by atoms with Crippen LogP contribution in [0, 0.1) is 0 Å². The Bertz CT molecular complexity index is 204. The molecule has 2 aliphatic rings. The average molecular weight is 219 g/mol. The molecule has 1 saturated heterocycles. The Labute approximate surface area is 74.7 Å². The molecule has 2 nitrogen and oxygen atoms in total. The summed E-state index contributed by atoms with van der Waals surface area (Å²) in [6.07, 6.45) is 2.06. The third kappa shape index (κ3) is 1.06. The van der Waals surface area contributed by atoms with Gasteiger partial charge in [0.15, 0.2) is 0 Å². The van der Waals surface area contributed by atoms with Crippen LogP contribution in [0.4, 0.5) is 0 Å². The van der Waals surface area contributed by atoms with Crippen LogP contribution in [0.3, 0.4) is 0 Å². The molecule has 62 valence electrons. The van der Waals surface area contributed by atoms with E-state index in [-0.39, 0.29) is 5.79 Å². The lowest BCUT2D eigenvalue weighted by molar-refractivity contribution is -0.117. The van der Waals surface area contributed by atoms with Crippen LogP contribution in [0.25, 0.3) is 0 Å². The van der Waals surface area contributed by atoms with Crippen molar-refractivity contribution >= 4 is 15.9 Å². The highest BCUT2D eigenvalue weighted by Gasteiger charge is 2.43. The van der Waals surface area contributed by atoms with Gasteiger partial charge >= 0.3 is 0 Å². The number of ether oxygens (including phenoxy) is 2. The predicted octanol–water partition coefficient (Wildman–Crippen LogP) is 2.19. The summed E-state index contributed by atoms with van der Waals surface area (Å²) in [5, 5.41) is 0. The molecular formula is C8H11BrO2. The van der Waals surface area contributed by atoms with Crippen LogP contribution >= 0.6 is 15.9 Å². The molecule has 0 unspecified atom stereocenters. The molecule has 0 aromatic heterocycles. The molecule has 0 radical (unpaired) electrons. The first-order valence-electron chi connectivity index (χ1n) is 3.88. The van der Waals surface area contributed by atoms with Crippen LogP contribution in [0.1, 0.15) is 19.8 Å². The van der Waals surface area contributed by atoms with Crippen molar-refractivity contribution in [1.82, 2.24) is 0 Å². The van der Waals surface area contributed by atoms with Crippen molar-refractivity contribution in [2.24, 2.45) is 0 Å². The largest absolute Gasteiger partial charge is 0.343 e. The molecule has 3 heteroatoms. The van der Waals surface area contributed by atoms with E-state index in [0.29, 0.717) is 0 Å². The minimum absolute atomic E-state index is 0.385. The molecule has 11 heavy (non-hydrogen) atoms. The zero-order valence-corrected chi connectivity index (χ0v) is 8.11. The summed E-state index contributed by atoms with van der Waals surface area (Å²) in [5.41, 5.74) is 1.35. The molecule has 0 atom stereocenters. The zero-order valence-electron chi connectivity index (χ0n) is 6.52. The molecule has 1 spiro atoms. The molecule has 0 aromatic carbocycles. The smallest absolute Gasteiger partial charge is 0.201 e. The van der Waals surface area contributed by atoms with Gasteiger partial charge in [-0.05, 0) is 29.3 Å².